The van der Waals surface area contributed by atoms with Gasteiger partial charge in [0.05, 0.1) is 11.4 Å². The third-order valence-electron chi connectivity index (χ3n) is 3.36. The quantitative estimate of drug-likeness (QED) is 0.573. The average molecular weight is 313 g/mol. The average Bonchev–Trinajstić information content (AvgIpc) is 2.70. The largest absolute Gasteiger partial charge is 0.264 e. The normalized spacial score (nSPS) is 10.5. The Labute approximate surface area is 137 Å². The molecule has 0 radical (unpaired) electrons. The van der Waals surface area contributed by atoms with Gasteiger partial charge in [-0.3, -0.25) is 4.98 Å². The van der Waals surface area contributed by atoms with Gasteiger partial charge in [0.25, 0.3) is 0 Å². The second-order valence-electron chi connectivity index (χ2n) is 4.96. The summed E-state index contributed by atoms with van der Waals surface area (Å²) in [4.78, 5) is 29.6. The van der Waals surface area contributed by atoms with Crippen LogP contribution >= 0.6 is 0 Å². The number of nitrogens with zero attached hydrogens (tertiary/aromatic N) is 7. The second kappa shape index (κ2) is 6.25. The van der Waals surface area contributed by atoms with E-state index in [0.29, 0.717) is 5.82 Å². The van der Waals surface area contributed by atoms with E-state index in [9.17, 15) is 0 Å². The Bertz CT molecular complexity index is 805. The van der Waals surface area contributed by atoms with Crippen molar-refractivity contribution >= 4 is 0 Å². The maximum Gasteiger partial charge on any atom is 0.161 e. The number of rotatable bonds is 3. The van der Waals surface area contributed by atoms with E-state index in [2.05, 4.69) is 34.9 Å². The molecule has 0 amide bonds. The highest BCUT2D eigenvalue weighted by Gasteiger charge is 2.11. The molecule has 0 unspecified atom stereocenters. The molecule has 0 aromatic carbocycles. The fourth-order valence-corrected chi connectivity index (χ4v) is 2.23. The maximum atomic E-state index is 4.63. The van der Waals surface area contributed by atoms with Gasteiger partial charge in [-0.25, -0.2) is 29.9 Å². The third-order valence-corrected chi connectivity index (χ3v) is 3.36. The van der Waals surface area contributed by atoms with E-state index in [1.165, 1.54) is 12.7 Å². The molecule has 7 nitrogen and oxygen atoms in total. The smallest absolute Gasteiger partial charge is 0.161 e. The van der Waals surface area contributed by atoms with Crippen molar-refractivity contribution in [3.05, 3.63) is 68.0 Å². The van der Waals surface area contributed by atoms with Gasteiger partial charge in [0.1, 0.15) is 12.7 Å². The molecule has 4 aromatic heterocycles. The Hall–Kier alpha value is -3.61. The van der Waals surface area contributed by atoms with E-state index < -0.39 is 0 Å². The molecule has 0 aliphatic heterocycles. The summed E-state index contributed by atoms with van der Waals surface area (Å²) in [6, 6.07) is 5.64. The van der Waals surface area contributed by atoms with Crippen LogP contribution in [0.15, 0.2) is 68.0 Å². The number of aromatic nitrogens is 7. The summed E-state index contributed by atoms with van der Waals surface area (Å²) in [7, 11) is 0. The van der Waals surface area contributed by atoms with Crippen molar-refractivity contribution in [2.45, 2.75) is 0 Å². The molecule has 0 fully saturated rings. The first-order chi connectivity index (χ1) is 11.9. The van der Waals surface area contributed by atoms with Crippen molar-refractivity contribution in [1.29, 1.82) is 0 Å². The number of pyridine rings is 1. The van der Waals surface area contributed by atoms with Crippen molar-refractivity contribution in [1.82, 2.24) is 34.9 Å². The zero-order chi connectivity index (χ0) is 16.2. The predicted octanol–water partition coefficient (Wildman–Crippen LogP) is 2.45. The highest BCUT2D eigenvalue weighted by molar-refractivity contribution is 5.70. The Kier molecular flexibility index (Phi) is 3.65. The molecular weight excluding hydrogens is 302 g/mol. The Morgan fingerprint density at radius 2 is 1.12 bits per heavy atom. The lowest BCUT2D eigenvalue weighted by atomic mass is 10.1. The summed E-state index contributed by atoms with van der Waals surface area (Å²) in [5.41, 5.74) is 3.90. The van der Waals surface area contributed by atoms with Crippen LogP contribution in [0, 0.1) is 0 Å². The van der Waals surface area contributed by atoms with Crippen LogP contribution in [-0.4, -0.2) is 34.9 Å². The summed E-state index contributed by atoms with van der Waals surface area (Å²) in [5, 5.41) is 0. The SMILES string of the molecule is c1cncc(-c2nc(-c3cncnc3)cc(-c3cncnc3)n2)c1. The molecular formula is C17H11N7. The minimum atomic E-state index is 0.573. The van der Waals surface area contributed by atoms with Crippen LogP contribution in [0.25, 0.3) is 33.9 Å². The van der Waals surface area contributed by atoms with Crippen LogP contribution in [0.1, 0.15) is 0 Å². The lowest BCUT2D eigenvalue weighted by molar-refractivity contribution is 1.12. The summed E-state index contributed by atoms with van der Waals surface area (Å²) < 4.78 is 0. The zero-order valence-corrected chi connectivity index (χ0v) is 12.5. The van der Waals surface area contributed by atoms with Gasteiger partial charge in [-0.15, -0.1) is 0 Å². The van der Waals surface area contributed by atoms with Crippen molar-refractivity contribution in [3.63, 3.8) is 0 Å². The molecule has 0 atom stereocenters. The molecule has 0 aliphatic rings. The lowest BCUT2D eigenvalue weighted by Gasteiger charge is -2.08. The van der Waals surface area contributed by atoms with Crippen LogP contribution in [-0.2, 0) is 0 Å². The van der Waals surface area contributed by atoms with Crippen molar-refractivity contribution in [3.8, 4) is 33.9 Å². The summed E-state index contributed by atoms with van der Waals surface area (Å²) >= 11 is 0. The molecule has 0 saturated heterocycles. The summed E-state index contributed by atoms with van der Waals surface area (Å²) in [6.07, 6.45) is 13.3. The van der Waals surface area contributed by atoms with E-state index in [1.807, 2.05) is 18.2 Å². The van der Waals surface area contributed by atoms with Crippen molar-refractivity contribution < 1.29 is 0 Å². The van der Waals surface area contributed by atoms with Gasteiger partial charge >= 0.3 is 0 Å². The van der Waals surface area contributed by atoms with Crippen LogP contribution in [0.3, 0.4) is 0 Å². The molecule has 114 valence electrons. The molecule has 24 heavy (non-hydrogen) atoms. The minimum absolute atomic E-state index is 0.573. The predicted molar refractivity (Wildman–Crippen MR) is 87.3 cm³/mol. The van der Waals surface area contributed by atoms with Crippen molar-refractivity contribution in [2.75, 3.05) is 0 Å². The van der Waals surface area contributed by atoms with Gasteiger partial charge < -0.3 is 0 Å². The molecule has 4 rings (SSSR count). The lowest BCUT2D eigenvalue weighted by Crippen LogP contribution is -1.97. The number of hydrogen-bond acceptors (Lipinski definition) is 7. The highest BCUT2D eigenvalue weighted by atomic mass is 14.9. The molecule has 0 bridgehead atoms. The molecule has 0 saturated carbocycles. The van der Waals surface area contributed by atoms with E-state index in [1.54, 1.807) is 37.2 Å². The van der Waals surface area contributed by atoms with Crippen LogP contribution in [0.2, 0.25) is 0 Å². The monoisotopic (exact) mass is 313 g/mol. The summed E-state index contributed by atoms with van der Waals surface area (Å²) in [6.45, 7) is 0. The van der Waals surface area contributed by atoms with Crippen LogP contribution < -0.4 is 0 Å². The van der Waals surface area contributed by atoms with Gasteiger partial charge in [0.15, 0.2) is 5.82 Å². The van der Waals surface area contributed by atoms with E-state index in [-0.39, 0.29) is 0 Å². The van der Waals surface area contributed by atoms with E-state index >= 15 is 0 Å². The van der Waals surface area contributed by atoms with Gasteiger partial charge in [-0.05, 0) is 18.2 Å². The molecule has 4 heterocycles. The van der Waals surface area contributed by atoms with Gasteiger partial charge in [-0.1, -0.05) is 0 Å². The van der Waals surface area contributed by atoms with E-state index in [0.717, 1.165) is 28.1 Å². The molecule has 4 aromatic rings. The standard InChI is InChI=1S/C17H11N7/c1-2-12(5-18-3-1)17-23-15(13-6-19-10-20-7-13)4-16(24-17)14-8-21-11-22-9-14/h1-11H. The van der Waals surface area contributed by atoms with Crippen molar-refractivity contribution in [2.24, 2.45) is 0 Å². The van der Waals surface area contributed by atoms with Gasteiger partial charge in [-0.2, -0.15) is 0 Å². The topological polar surface area (TPSA) is 90.2 Å². The third kappa shape index (κ3) is 2.82. The second-order valence-corrected chi connectivity index (χ2v) is 4.96. The first-order valence-electron chi connectivity index (χ1n) is 7.20. The number of hydrogen-bond donors (Lipinski definition) is 0. The fraction of sp³-hybridized carbons (Fsp3) is 0. The van der Waals surface area contributed by atoms with E-state index in [4.69, 9.17) is 0 Å². The molecule has 0 aliphatic carbocycles. The summed E-state index contributed by atoms with van der Waals surface area (Å²) in [5.74, 6) is 0.573. The van der Waals surface area contributed by atoms with Gasteiger partial charge in [0.2, 0.25) is 0 Å². The maximum absolute atomic E-state index is 4.63. The Balaban J connectivity index is 1.92. The first kappa shape index (κ1) is 14.0. The highest BCUT2D eigenvalue weighted by Crippen LogP contribution is 2.25. The van der Waals surface area contributed by atoms with Gasteiger partial charge in [0, 0.05) is 53.9 Å². The molecule has 7 heteroatoms. The first-order valence-corrected chi connectivity index (χ1v) is 7.20. The molecule has 0 N–H and O–H groups in total. The van der Waals surface area contributed by atoms with Crippen LogP contribution in [0.5, 0.6) is 0 Å². The molecule has 0 spiro atoms. The van der Waals surface area contributed by atoms with Crippen LogP contribution in [0.4, 0.5) is 0 Å². The zero-order valence-electron chi connectivity index (χ0n) is 12.5. The Morgan fingerprint density at radius 3 is 1.62 bits per heavy atom. The Morgan fingerprint density at radius 1 is 0.583 bits per heavy atom. The minimum Gasteiger partial charge on any atom is -0.264 e. The fourth-order valence-electron chi connectivity index (χ4n) is 2.23.